The molecule has 1 aliphatic heterocycles. The number of hydrogen-bond donors (Lipinski definition) is 1. The fourth-order valence-electron chi connectivity index (χ4n) is 2.81. The molecule has 9 heteroatoms. The van der Waals surface area contributed by atoms with Gasteiger partial charge in [-0.2, -0.15) is 5.26 Å². The van der Waals surface area contributed by atoms with Crippen LogP contribution in [0, 0.1) is 11.3 Å². The normalized spacial score (nSPS) is 14.0. The number of hydrogen-bond acceptors (Lipinski definition) is 5. The summed E-state index contributed by atoms with van der Waals surface area (Å²) in [6, 6.07) is 13.2. The lowest BCUT2D eigenvalue weighted by Crippen LogP contribution is -2.42. The highest BCUT2D eigenvalue weighted by atomic mass is 35.5. The molecule has 1 saturated heterocycles. The molecule has 1 aliphatic rings. The molecule has 0 spiro atoms. The van der Waals surface area contributed by atoms with Gasteiger partial charge in [0.2, 0.25) is 0 Å². The number of nitrogens with one attached hydrogen (secondary N) is 1. The molecule has 2 aromatic carbocycles. The lowest BCUT2D eigenvalue weighted by Gasteiger charge is -2.26. The van der Waals surface area contributed by atoms with Crippen LogP contribution in [-0.4, -0.2) is 49.6 Å². The molecule has 160 valence electrons. The van der Waals surface area contributed by atoms with Crippen molar-refractivity contribution in [3.63, 3.8) is 0 Å². The van der Waals surface area contributed by atoms with Crippen molar-refractivity contribution in [3.8, 4) is 11.8 Å². The quantitative estimate of drug-likeness (QED) is 0.524. The fourth-order valence-corrected chi connectivity index (χ4v) is 3.26. The molecule has 2 amide bonds. The monoisotopic (exact) mass is 459 g/mol. The number of nitriles is 1. The highest BCUT2D eigenvalue weighted by Gasteiger charge is 2.17. The van der Waals surface area contributed by atoms with Crippen LogP contribution in [0.15, 0.2) is 48.0 Å². The first kappa shape index (κ1) is 22.6. The van der Waals surface area contributed by atoms with Gasteiger partial charge in [-0.15, -0.1) is 0 Å². The minimum atomic E-state index is -0.594. The second-order valence-corrected chi connectivity index (χ2v) is 7.44. The van der Waals surface area contributed by atoms with Crippen molar-refractivity contribution in [2.75, 3.05) is 38.2 Å². The number of ether oxygens (including phenoxy) is 2. The average Bonchev–Trinajstić information content (AvgIpc) is 2.79. The molecule has 1 heterocycles. The number of morpholine rings is 1. The largest absolute Gasteiger partial charge is 0.484 e. The highest BCUT2D eigenvalue weighted by Crippen LogP contribution is 2.26. The maximum Gasteiger partial charge on any atom is 0.266 e. The Morgan fingerprint density at radius 2 is 1.87 bits per heavy atom. The first-order valence-corrected chi connectivity index (χ1v) is 10.2. The van der Waals surface area contributed by atoms with E-state index in [1.54, 1.807) is 41.3 Å². The van der Waals surface area contributed by atoms with Gasteiger partial charge in [-0.3, -0.25) is 9.59 Å². The Labute approximate surface area is 189 Å². The van der Waals surface area contributed by atoms with Crippen molar-refractivity contribution >= 4 is 46.8 Å². The Balaban J connectivity index is 1.60. The van der Waals surface area contributed by atoms with Crippen LogP contribution in [0.25, 0.3) is 6.08 Å². The maximum atomic E-state index is 12.4. The molecular weight excluding hydrogens is 441 g/mol. The molecule has 0 aliphatic carbocycles. The number of anilines is 1. The zero-order valence-electron chi connectivity index (χ0n) is 16.4. The van der Waals surface area contributed by atoms with Gasteiger partial charge in [0.25, 0.3) is 11.8 Å². The summed E-state index contributed by atoms with van der Waals surface area (Å²) < 4.78 is 10.8. The Bertz CT molecular complexity index is 1030. The van der Waals surface area contributed by atoms with E-state index in [0.717, 1.165) is 0 Å². The third-order valence-corrected chi connectivity index (χ3v) is 5.01. The first-order chi connectivity index (χ1) is 15.0. The van der Waals surface area contributed by atoms with Gasteiger partial charge in [0.15, 0.2) is 6.61 Å². The van der Waals surface area contributed by atoms with Gasteiger partial charge in [-0.05, 0) is 42.0 Å². The molecule has 31 heavy (non-hydrogen) atoms. The molecule has 2 aromatic rings. The second kappa shape index (κ2) is 10.8. The molecule has 7 nitrogen and oxygen atoms in total. The number of carbonyl (C=O) groups excluding carboxylic acids is 2. The third kappa shape index (κ3) is 6.46. The van der Waals surface area contributed by atoms with Gasteiger partial charge in [0.1, 0.15) is 17.4 Å². The van der Waals surface area contributed by atoms with E-state index in [4.69, 9.17) is 32.7 Å². The third-order valence-electron chi connectivity index (χ3n) is 4.46. The predicted octanol–water partition coefficient (Wildman–Crippen LogP) is 3.78. The summed E-state index contributed by atoms with van der Waals surface area (Å²) in [6.45, 7) is 2.12. The van der Waals surface area contributed by atoms with Crippen molar-refractivity contribution in [1.29, 1.82) is 5.26 Å². The Kier molecular flexibility index (Phi) is 7.90. The van der Waals surface area contributed by atoms with Crippen molar-refractivity contribution in [1.82, 2.24) is 4.90 Å². The van der Waals surface area contributed by atoms with Crippen molar-refractivity contribution in [2.24, 2.45) is 0 Å². The summed E-state index contributed by atoms with van der Waals surface area (Å²) in [5.74, 6) is -0.186. The lowest BCUT2D eigenvalue weighted by molar-refractivity contribution is -0.137. The van der Waals surface area contributed by atoms with Crippen LogP contribution in [0.4, 0.5) is 5.69 Å². The molecule has 0 aromatic heterocycles. The van der Waals surface area contributed by atoms with Gasteiger partial charge in [-0.25, -0.2) is 0 Å². The van der Waals surface area contributed by atoms with E-state index in [2.05, 4.69) is 5.32 Å². The first-order valence-electron chi connectivity index (χ1n) is 9.43. The van der Waals surface area contributed by atoms with E-state index in [-0.39, 0.29) is 23.1 Å². The Morgan fingerprint density at radius 1 is 1.16 bits per heavy atom. The molecular formula is C22H19Cl2N3O4. The van der Waals surface area contributed by atoms with Gasteiger partial charge >= 0.3 is 0 Å². The van der Waals surface area contributed by atoms with E-state index >= 15 is 0 Å². The summed E-state index contributed by atoms with van der Waals surface area (Å²) in [7, 11) is 0. The van der Waals surface area contributed by atoms with Crippen LogP contribution in [0.5, 0.6) is 5.75 Å². The number of halogens is 2. The molecule has 0 radical (unpaired) electrons. The topological polar surface area (TPSA) is 91.7 Å². The van der Waals surface area contributed by atoms with E-state index in [1.165, 1.54) is 12.1 Å². The summed E-state index contributed by atoms with van der Waals surface area (Å²) in [6.07, 6.45) is 1.45. The van der Waals surface area contributed by atoms with Crippen molar-refractivity contribution < 1.29 is 19.1 Å². The number of carbonyl (C=O) groups is 2. The minimum Gasteiger partial charge on any atom is -0.484 e. The van der Waals surface area contributed by atoms with E-state index in [1.807, 2.05) is 6.07 Å². The Hall–Kier alpha value is -3.05. The fraction of sp³-hybridized carbons (Fsp3) is 0.227. The van der Waals surface area contributed by atoms with Crippen LogP contribution in [0.3, 0.4) is 0 Å². The van der Waals surface area contributed by atoms with Crippen LogP contribution >= 0.6 is 23.2 Å². The van der Waals surface area contributed by atoms with E-state index < -0.39 is 5.91 Å². The van der Waals surface area contributed by atoms with Crippen LogP contribution in [0.1, 0.15) is 5.56 Å². The molecule has 1 N–H and O–H groups in total. The lowest BCUT2D eigenvalue weighted by atomic mass is 10.1. The molecule has 0 unspecified atom stereocenters. The molecule has 0 saturated carbocycles. The van der Waals surface area contributed by atoms with Gasteiger partial charge in [0, 0.05) is 18.1 Å². The molecule has 3 rings (SSSR count). The van der Waals surface area contributed by atoms with E-state index in [9.17, 15) is 14.9 Å². The van der Waals surface area contributed by atoms with Crippen LogP contribution < -0.4 is 10.1 Å². The maximum absolute atomic E-state index is 12.4. The zero-order valence-corrected chi connectivity index (χ0v) is 17.9. The minimum absolute atomic E-state index is 0.0666. The summed E-state index contributed by atoms with van der Waals surface area (Å²) in [5, 5.41) is 12.7. The smallest absolute Gasteiger partial charge is 0.266 e. The van der Waals surface area contributed by atoms with Crippen LogP contribution in [0.2, 0.25) is 10.0 Å². The SMILES string of the molecule is N#C/C(=C/c1ccc(OCC(=O)N2CCOCC2)cc1)C(=O)Nc1ccc(Cl)cc1Cl. The van der Waals surface area contributed by atoms with Gasteiger partial charge in [-0.1, -0.05) is 35.3 Å². The van der Waals surface area contributed by atoms with E-state index in [0.29, 0.717) is 48.3 Å². The predicted molar refractivity (Wildman–Crippen MR) is 118 cm³/mol. The number of rotatable bonds is 6. The zero-order chi connectivity index (χ0) is 22.2. The van der Waals surface area contributed by atoms with Gasteiger partial charge in [0.05, 0.1) is 23.9 Å². The summed E-state index contributed by atoms with van der Waals surface area (Å²) >= 11 is 11.9. The van der Waals surface area contributed by atoms with Gasteiger partial charge < -0.3 is 19.7 Å². The van der Waals surface area contributed by atoms with Crippen molar-refractivity contribution in [2.45, 2.75) is 0 Å². The molecule has 0 atom stereocenters. The number of nitrogens with zero attached hydrogens (tertiary/aromatic N) is 2. The van der Waals surface area contributed by atoms with Crippen molar-refractivity contribution in [3.05, 3.63) is 63.6 Å². The summed E-state index contributed by atoms with van der Waals surface area (Å²) in [4.78, 5) is 26.2. The molecule has 1 fully saturated rings. The number of amides is 2. The average molecular weight is 460 g/mol. The highest BCUT2D eigenvalue weighted by molar-refractivity contribution is 6.36. The second-order valence-electron chi connectivity index (χ2n) is 6.60. The summed E-state index contributed by atoms with van der Waals surface area (Å²) in [5.41, 5.74) is 0.883. The molecule has 0 bridgehead atoms. The van der Waals surface area contributed by atoms with Crippen LogP contribution in [-0.2, 0) is 14.3 Å². The standard InChI is InChI=1S/C22H19Cl2N3O4/c23-17-3-6-20(19(24)12-17)26-22(29)16(13-25)11-15-1-4-18(5-2-15)31-14-21(28)27-7-9-30-10-8-27/h1-6,11-12H,7-10,14H2,(H,26,29)/b16-11-. The Morgan fingerprint density at radius 3 is 2.52 bits per heavy atom. The number of benzene rings is 2.